The van der Waals surface area contributed by atoms with Gasteiger partial charge in [0.15, 0.2) is 11.6 Å². The molecule has 2 N–H and O–H groups in total. The van der Waals surface area contributed by atoms with Crippen molar-refractivity contribution in [2.45, 2.75) is 26.2 Å². The van der Waals surface area contributed by atoms with Crippen molar-refractivity contribution in [1.29, 1.82) is 0 Å². The highest BCUT2D eigenvalue weighted by atomic mass is 127. The molecule has 9 heteroatoms. The Bertz CT molecular complexity index is 1180. The minimum Gasteiger partial charge on any atom is -0.337 e. The number of fused-ring (bicyclic) bond motifs is 1. The van der Waals surface area contributed by atoms with Crippen molar-refractivity contribution >= 4 is 57.4 Å². The van der Waals surface area contributed by atoms with Crippen LogP contribution in [0.1, 0.15) is 31.9 Å². The quantitative estimate of drug-likeness (QED) is 0.218. The molecule has 0 amide bonds. The standard InChI is InChI=1S/C21H20IN7O/c1-21(2,3)14-6-4-13(5-7-14)12-23-27-18-17(24-16-10-8-15(22)9-11-16)25-19-20(26-18)29-30-28-19/h4-12H,1-3H3,(H,24,25,28)(H,26,27,29)/b23-12+. The summed E-state index contributed by atoms with van der Waals surface area (Å²) < 4.78 is 5.87. The molecular weight excluding hydrogens is 493 g/mol. The lowest BCUT2D eigenvalue weighted by Crippen LogP contribution is -2.10. The second-order valence-electron chi connectivity index (χ2n) is 7.71. The molecule has 30 heavy (non-hydrogen) atoms. The van der Waals surface area contributed by atoms with Crippen LogP contribution in [0.2, 0.25) is 0 Å². The van der Waals surface area contributed by atoms with E-state index < -0.39 is 0 Å². The minimum atomic E-state index is 0.112. The maximum absolute atomic E-state index is 4.73. The molecule has 2 aromatic carbocycles. The van der Waals surface area contributed by atoms with Crippen LogP contribution in [-0.4, -0.2) is 26.5 Å². The zero-order chi connectivity index (χ0) is 21.1. The highest BCUT2D eigenvalue weighted by molar-refractivity contribution is 14.1. The minimum absolute atomic E-state index is 0.112. The average Bonchev–Trinajstić information content (AvgIpc) is 3.17. The number of nitrogens with zero attached hydrogens (tertiary/aromatic N) is 5. The third-order valence-electron chi connectivity index (χ3n) is 4.38. The molecule has 0 atom stereocenters. The predicted molar refractivity (Wildman–Crippen MR) is 126 cm³/mol. The van der Waals surface area contributed by atoms with Gasteiger partial charge < -0.3 is 5.32 Å². The summed E-state index contributed by atoms with van der Waals surface area (Å²) in [7, 11) is 0. The highest BCUT2D eigenvalue weighted by Gasteiger charge is 2.14. The lowest BCUT2D eigenvalue weighted by atomic mass is 9.87. The number of hydrazone groups is 1. The molecule has 4 aromatic rings. The first-order valence-corrected chi connectivity index (χ1v) is 10.4. The van der Waals surface area contributed by atoms with E-state index in [-0.39, 0.29) is 5.41 Å². The molecule has 2 aromatic heterocycles. The lowest BCUT2D eigenvalue weighted by Gasteiger charge is -2.18. The van der Waals surface area contributed by atoms with E-state index in [0.717, 1.165) is 14.8 Å². The van der Waals surface area contributed by atoms with Gasteiger partial charge in [0.05, 0.1) is 6.21 Å². The van der Waals surface area contributed by atoms with Crippen molar-refractivity contribution in [2.24, 2.45) is 5.10 Å². The van der Waals surface area contributed by atoms with Gasteiger partial charge in [-0.2, -0.15) is 10.1 Å². The van der Waals surface area contributed by atoms with Gasteiger partial charge in [-0.3, -0.25) is 5.43 Å². The Morgan fingerprint density at radius 2 is 1.53 bits per heavy atom. The van der Waals surface area contributed by atoms with E-state index in [2.05, 4.69) is 91.6 Å². The zero-order valence-corrected chi connectivity index (χ0v) is 18.9. The second-order valence-corrected chi connectivity index (χ2v) is 8.95. The normalized spacial score (nSPS) is 11.9. The molecule has 0 bridgehead atoms. The van der Waals surface area contributed by atoms with Crippen LogP contribution in [0.25, 0.3) is 11.3 Å². The first-order valence-electron chi connectivity index (χ1n) is 9.31. The Morgan fingerprint density at radius 3 is 2.17 bits per heavy atom. The molecule has 4 rings (SSSR count). The molecule has 0 unspecified atom stereocenters. The molecule has 0 radical (unpaired) electrons. The third-order valence-corrected chi connectivity index (χ3v) is 5.10. The van der Waals surface area contributed by atoms with Crippen LogP contribution < -0.4 is 10.7 Å². The van der Waals surface area contributed by atoms with E-state index in [1.54, 1.807) is 6.21 Å². The van der Waals surface area contributed by atoms with Crippen molar-refractivity contribution in [3.05, 3.63) is 63.2 Å². The summed E-state index contributed by atoms with van der Waals surface area (Å²) in [4.78, 5) is 8.85. The van der Waals surface area contributed by atoms with Gasteiger partial charge >= 0.3 is 0 Å². The largest absolute Gasteiger partial charge is 0.337 e. The van der Waals surface area contributed by atoms with Crippen LogP contribution >= 0.6 is 22.6 Å². The lowest BCUT2D eigenvalue weighted by molar-refractivity contribution is 0.314. The molecule has 0 spiro atoms. The Kier molecular flexibility index (Phi) is 5.62. The Morgan fingerprint density at radius 1 is 0.900 bits per heavy atom. The summed E-state index contributed by atoms with van der Waals surface area (Å²) in [5, 5.41) is 15.1. The number of hydrogen-bond acceptors (Lipinski definition) is 8. The maximum atomic E-state index is 4.73. The second kappa shape index (κ2) is 8.34. The van der Waals surface area contributed by atoms with Gasteiger partial charge in [-0.15, -0.1) is 0 Å². The molecule has 8 nitrogen and oxygen atoms in total. The average molecular weight is 513 g/mol. The number of halogens is 1. The number of hydrogen-bond donors (Lipinski definition) is 2. The molecule has 0 saturated carbocycles. The first-order chi connectivity index (χ1) is 14.4. The van der Waals surface area contributed by atoms with Gasteiger partial charge in [0, 0.05) is 9.26 Å². The molecule has 152 valence electrons. The van der Waals surface area contributed by atoms with Crippen molar-refractivity contribution < 1.29 is 4.63 Å². The van der Waals surface area contributed by atoms with Crippen molar-refractivity contribution in [3.8, 4) is 0 Å². The number of benzene rings is 2. The summed E-state index contributed by atoms with van der Waals surface area (Å²) in [6.07, 6.45) is 1.73. The summed E-state index contributed by atoms with van der Waals surface area (Å²) in [6.45, 7) is 6.56. The van der Waals surface area contributed by atoms with Gasteiger partial charge in [0.1, 0.15) is 0 Å². The molecule has 0 aliphatic carbocycles. The van der Waals surface area contributed by atoms with E-state index in [9.17, 15) is 0 Å². The van der Waals surface area contributed by atoms with Crippen molar-refractivity contribution in [1.82, 2.24) is 20.3 Å². The zero-order valence-electron chi connectivity index (χ0n) is 16.7. The number of aromatic nitrogens is 4. The Hall–Kier alpha value is -3.08. The van der Waals surface area contributed by atoms with E-state index in [4.69, 9.17) is 4.63 Å². The summed E-state index contributed by atoms with van der Waals surface area (Å²) >= 11 is 2.26. The molecule has 0 saturated heterocycles. The van der Waals surface area contributed by atoms with Crippen LogP contribution in [0.15, 0.2) is 58.3 Å². The highest BCUT2D eigenvalue weighted by Crippen LogP contribution is 2.25. The summed E-state index contributed by atoms with van der Waals surface area (Å²) in [5.74, 6) is 0.888. The van der Waals surface area contributed by atoms with E-state index >= 15 is 0 Å². The SMILES string of the molecule is CC(C)(C)c1ccc(/C=N/Nc2nc3nonc3nc2Nc2ccc(I)cc2)cc1. The maximum Gasteiger partial charge on any atom is 0.245 e. The van der Waals surface area contributed by atoms with Crippen LogP contribution in [-0.2, 0) is 5.41 Å². The number of anilines is 3. The van der Waals surface area contributed by atoms with Crippen LogP contribution in [0, 0.1) is 3.57 Å². The van der Waals surface area contributed by atoms with Crippen LogP contribution in [0.5, 0.6) is 0 Å². The fourth-order valence-electron chi connectivity index (χ4n) is 2.71. The van der Waals surface area contributed by atoms with Crippen molar-refractivity contribution in [3.63, 3.8) is 0 Å². The third kappa shape index (κ3) is 4.73. The summed E-state index contributed by atoms with van der Waals surface area (Å²) in [6, 6.07) is 16.2. The fraction of sp³-hybridized carbons (Fsp3) is 0.190. The van der Waals surface area contributed by atoms with Crippen LogP contribution in [0.4, 0.5) is 17.3 Å². The van der Waals surface area contributed by atoms with Gasteiger partial charge in [0.25, 0.3) is 0 Å². The van der Waals surface area contributed by atoms with Gasteiger partial charge in [-0.25, -0.2) is 9.61 Å². The smallest absolute Gasteiger partial charge is 0.245 e. The van der Waals surface area contributed by atoms with E-state index in [1.807, 2.05) is 36.4 Å². The Labute approximate surface area is 187 Å². The summed E-state index contributed by atoms with van der Waals surface area (Å²) in [5.41, 5.74) is 6.78. The van der Waals surface area contributed by atoms with Gasteiger partial charge in [0.2, 0.25) is 11.3 Å². The van der Waals surface area contributed by atoms with E-state index in [0.29, 0.717) is 22.9 Å². The molecule has 0 aliphatic heterocycles. The van der Waals surface area contributed by atoms with E-state index in [1.165, 1.54) is 5.56 Å². The van der Waals surface area contributed by atoms with Crippen LogP contribution in [0.3, 0.4) is 0 Å². The molecule has 0 aliphatic rings. The molecule has 0 fully saturated rings. The molecular formula is C21H20IN7O. The fourth-order valence-corrected chi connectivity index (χ4v) is 3.07. The number of nitrogens with one attached hydrogen (secondary N) is 2. The monoisotopic (exact) mass is 513 g/mol. The topological polar surface area (TPSA) is 101 Å². The molecule has 2 heterocycles. The number of rotatable bonds is 5. The van der Waals surface area contributed by atoms with Crippen molar-refractivity contribution in [2.75, 3.05) is 10.7 Å². The first kappa shape index (κ1) is 20.2. The van der Waals surface area contributed by atoms with Gasteiger partial charge in [-0.1, -0.05) is 45.0 Å². The Balaban J connectivity index is 1.56. The predicted octanol–water partition coefficient (Wildman–Crippen LogP) is 5.10. The van der Waals surface area contributed by atoms with Gasteiger partial charge in [-0.05, 0) is 73.7 Å².